The molecule has 1 aromatic heterocycles. The Bertz CT molecular complexity index is 297. The van der Waals surface area contributed by atoms with Crippen LogP contribution in [0.15, 0.2) is 4.42 Å². The molecule has 0 saturated carbocycles. The zero-order valence-corrected chi connectivity index (χ0v) is 9.85. The molecule has 0 aliphatic carbocycles. The Hall–Kier alpha value is -0.550. The highest BCUT2D eigenvalue weighted by Gasteiger charge is 2.22. The van der Waals surface area contributed by atoms with Gasteiger partial charge in [-0.05, 0) is 25.1 Å². The van der Waals surface area contributed by atoms with Crippen LogP contribution in [0.5, 0.6) is 0 Å². The maximum Gasteiger partial charge on any atom is 0.230 e. The Morgan fingerprint density at radius 3 is 3.20 bits per heavy atom. The first-order chi connectivity index (χ1) is 7.40. The molecule has 0 bridgehead atoms. The lowest BCUT2D eigenvalue weighted by Gasteiger charge is -2.00. The van der Waals surface area contributed by atoms with Gasteiger partial charge in [0.1, 0.15) is 0 Å². The van der Waals surface area contributed by atoms with Crippen LogP contribution in [0.2, 0.25) is 0 Å². The van der Waals surface area contributed by atoms with Crippen LogP contribution in [-0.4, -0.2) is 28.2 Å². The third-order valence-electron chi connectivity index (χ3n) is 2.46. The van der Waals surface area contributed by atoms with E-state index in [-0.39, 0.29) is 0 Å². The van der Waals surface area contributed by atoms with Crippen molar-refractivity contribution in [3.63, 3.8) is 0 Å². The molecule has 0 radical (unpaired) electrons. The monoisotopic (exact) mass is 227 g/mol. The van der Waals surface area contributed by atoms with Gasteiger partial charge in [-0.15, -0.1) is 10.2 Å². The predicted molar refractivity (Wildman–Crippen MR) is 61.0 cm³/mol. The van der Waals surface area contributed by atoms with Crippen molar-refractivity contribution in [2.24, 2.45) is 0 Å². The minimum absolute atomic E-state index is 0.488. The van der Waals surface area contributed by atoms with Gasteiger partial charge in [0.2, 0.25) is 11.8 Å². The lowest BCUT2D eigenvalue weighted by Crippen LogP contribution is -2.13. The van der Waals surface area contributed by atoms with Gasteiger partial charge in [-0.1, -0.05) is 6.92 Å². The van der Waals surface area contributed by atoms with E-state index in [0.717, 1.165) is 30.5 Å². The average Bonchev–Trinajstić information content (AvgIpc) is 2.87. The van der Waals surface area contributed by atoms with E-state index in [2.05, 4.69) is 22.4 Å². The molecule has 1 aliphatic heterocycles. The molecule has 1 aromatic rings. The van der Waals surface area contributed by atoms with Crippen LogP contribution in [0.25, 0.3) is 0 Å². The number of aromatic nitrogens is 2. The Morgan fingerprint density at radius 1 is 1.53 bits per heavy atom. The molecule has 15 heavy (non-hydrogen) atoms. The van der Waals surface area contributed by atoms with E-state index in [4.69, 9.17) is 4.42 Å². The molecule has 1 unspecified atom stereocenters. The number of nitrogens with one attached hydrogen (secondary N) is 1. The Labute approximate surface area is 94.2 Å². The van der Waals surface area contributed by atoms with E-state index in [1.54, 1.807) is 0 Å². The maximum atomic E-state index is 5.62. The van der Waals surface area contributed by atoms with Gasteiger partial charge in [-0.2, -0.15) is 11.8 Å². The average molecular weight is 227 g/mol. The summed E-state index contributed by atoms with van der Waals surface area (Å²) >= 11 is 1.96. The van der Waals surface area contributed by atoms with E-state index in [0.29, 0.717) is 12.5 Å². The molecule has 84 valence electrons. The first kappa shape index (κ1) is 11.0. The summed E-state index contributed by atoms with van der Waals surface area (Å²) in [5.74, 6) is 4.38. The minimum Gasteiger partial charge on any atom is -0.424 e. The van der Waals surface area contributed by atoms with Crippen LogP contribution in [-0.2, 0) is 6.54 Å². The number of thioether (sulfide) groups is 1. The quantitative estimate of drug-likeness (QED) is 0.777. The van der Waals surface area contributed by atoms with Crippen molar-refractivity contribution in [3.05, 3.63) is 11.8 Å². The summed E-state index contributed by atoms with van der Waals surface area (Å²) in [6.07, 6.45) is 2.30. The van der Waals surface area contributed by atoms with Gasteiger partial charge in [0, 0.05) is 11.7 Å². The van der Waals surface area contributed by atoms with Gasteiger partial charge < -0.3 is 9.73 Å². The first-order valence-corrected chi connectivity index (χ1v) is 6.66. The van der Waals surface area contributed by atoms with Crippen molar-refractivity contribution in [1.82, 2.24) is 15.5 Å². The molecule has 0 amide bonds. The summed E-state index contributed by atoms with van der Waals surface area (Å²) in [7, 11) is 0. The minimum atomic E-state index is 0.488. The highest BCUT2D eigenvalue weighted by atomic mass is 32.2. The van der Waals surface area contributed by atoms with E-state index in [1.165, 1.54) is 12.2 Å². The van der Waals surface area contributed by atoms with Crippen molar-refractivity contribution in [2.75, 3.05) is 18.1 Å². The van der Waals surface area contributed by atoms with E-state index >= 15 is 0 Å². The smallest absolute Gasteiger partial charge is 0.230 e. The van der Waals surface area contributed by atoms with Crippen LogP contribution in [0.3, 0.4) is 0 Å². The molecular formula is C10H17N3OS. The fourth-order valence-electron chi connectivity index (χ4n) is 1.60. The normalized spacial score (nSPS) is 21.0. The first-order valence-electron chi connectivity index (χ1n) is 5.51. The molecule has 2 heterocycles. The summed E-state index contributed by atoms with van der Waals surface area (Å²) in [4.78, 5) is 0. The Kier molecular flexibility index (Phi) is 4.02. The topological polar surface area (TPSA) is 51.0 Å². The standard InChI is InChI=1S/C10H17N3OS/c1-2-4-11-6-9-12-13-10(14-9)8-3-5-15-7-8/h8,11H,2-7H2,1H3. The van der Waals surface area contributed by atoms with Gasteiger partial charge >= 0.3 is 0 Å². The molecule has 1 aliphatic rings. The van der Waals surface area contributed by atoms with Crippen LogP contribution in [0, 0.1) is 0 Å². The summed E-state index contributed by atoms with van der Waals surface area (Å²) in [5.41, 5.74) is 0. The molecule has 1 saturated heterocycles. The second-order valence-corrected chi connectivity index (χ2v) is 4.92. The molecule has 4 nitrogen and oxygen atoms in total. The van der Waals surface area contributed by atoms with Crippen LogP contribution in [0.1, 0.15) is 37.5 Å². The van der Waals surface area contributed by atoms with Crippen molar-refractivity contribution in [1.29, 1.82) is 0 Å². The second kappa shape index (κ2) is 5.51. The number of nitrogens with zero attached hydrogens (tertiary/aromatic N) is 2. The fraction of sp³-hybridized carbons (Fsp3) is 0.800. The number of hydrogen-bond donors (Lipinski definition) is 1. The highest BCUT2D eigenvalue weighted by molar-refractivity contribution is 7.99. The van der Waals surface area contributed by atoms with Crippen molar-refractivity contribution in [3.8, 4) is 0 Å². The van der Waals surface area contributed by atoms with Crippen molar-refractivity contribution in [2.45, 2.75) is 32.2 Å². The van der Waals surface area contributed by atoms with Crippen LogP contribution in [0.4, 0.5) is 0 Å². The van der Waals surface area contributed by atoms with E-state index in [9.17, 15) is 0 Å². The molecule has 0 aromatic carbocycles. The molecule has 0 spiro atoms. The number of hydrogen-bond acceptors (Lipinski definition) is 5. The second-order valence-electron chi connectivity index (χ2n) is 3.77. The molecule has 1 atom stereocenters. The number of rotatable bonds is 5. The summed E-state index contributed by atoms with van der Waals surface area (Å²) in [6, 6.07) is 0. The van der Waals surface area contributed by atoms with Crippen LogP contribution < -0.4 is 5.32 Å². The molecule has 1 N–H and O–H groups in total. The Balaban J connectivity index is 1.86. The van der Waals surface area contributed by atoms with Crippen molar-refractivity contribution >= 4 is 11.8 Å². The zero-order chi connectivity index (χ0) is 10.5. The molecule has 2 rings (SSSR count). The summed E-state index contributed by atoms with van der Waals surface area (Å²) < 4.78 is 5.62. The summed E-state index contributed by atoms with van der Waals surface area (Å²) in [6.45, 7) is 3.83. The largest absolute Gasteiger partial charge is 0.424 e. The molecular weight excluding hydrogens is 210 g/mol. The van der Waals surface area contributed by atoms with Gasteiger partial charge in [-0.3, -0.25) is 0 Å². The van der Waals surface area contributed by atoms with Gasteiger partial charge in [0.25, 0.3) is 0 Å². The fourth-order valence-corrected chi connectivity index (χ4v) is 2.82. The molecule has 1 fully saturated rings. The van der Waals surface area contributed by atoms with Gasteiger partial charge in [-0.25, -0.2) is 0 Å². The lowest BCUT2D eigenvalue weighted by atomic mass is 10.1. The third-order valence-corrected chi connectivity index (χ3v) is 3.63. The molecule has 5 heteroatoms. The van der Waals surface area contributed by atoms with E-state index < -0.39 is 0 Å². The highest BCUT2D eigenvalue weighted by Crippen LogP contribution is 2.31. The van der Waals surface area contributed by atoms with Crippen LogP contribution >= 0.6 is 11.8 Å². The lowest BCUT2D eigenvalue weighted by molar-refractivity contribution is 0.413. The predicted octanol–water partition coefficient (Wildman–Crippen LogP) is 1.79. The maximum absolute atomic E-state index is 5.62. The van der Waals surface area contributed by atoms with Crippen molar-refractivity contribution < 1.29 is 4.42 Å². The third kappa shape index (κ3) is 2.95. The SMILES string of the molecule is CCCNCc1nnc(C2CCSC2)o1. The zero-order valence-electron chi connectivity index (χ0n) is 9.03. The summed E-state index contributed by atoms with van der Waals surface area (Å²) in [5, 5.41) is 11.4. The van der Waals surface area contributed by atoms with Gasteiger partial charge in [0.15, 0.2) is 0 Å². The Morgan fingerprint density at radius 2 is 2.47 bits per heavy atom. The van der Waals surface area contributed by atoms with Gasteiger partial charge in [0.05, 0.1) is 6.54 Å². The van der Waals surface area contributed by atoms with E-state index in [1.807, 2.05) is 11.8 Å².